The second-order valence-corrected chi connectivity index (χ2v) is 8.45. The molecule has 0 saturated heterocycles. The van der Waals surface area contributed by atoms with Crippen molar-refractivity contribution in [3.63, 3.8) is 0 Å². The van der Waals surface area contributed by atoms with E-state index in [9.17, 15) is 9.36 Å². The van der Waals surface area contributed by atoms with Gasteiger partial charge >= 0.3 is 13.7 Å². The van der Waals surface area contributed by atoms with Gasteiger partial charge in [0.2, 0.25) is 0 Å². The number of aryl methyl sites for hydroxylation is 1. The monoisotopic (exact) mass is 357 g/mol. The Balaban J connectivity index is 3.17. The van der Waals surface area contributed by atoms with Crippen molar-refractivity contribution < 1.29 is 23.1 Å². The predicted molar refractivity (Wildman–Crippen MR) is 94.1 cm³/mol. The molecule has 0 saturated carbocycles. The minimum absolute atomic E-state index is 0.204. The van der Waals surface area contributed by atoms with E-state index in [0.29, 0.717) is 5.56 Å². The lowest BCUT2D eigenvalue weighted by atomic mass is 10.1. The van der Waals surface area contributed by atoms with Crippen LogP contribution in [0.4, 0.5) is 4.79 Å². The summed E-state index contributed by atoms with van der Waals surface area (Å²) < 4.78 is 29.3. The van der Waals surface area contributed by atoms with Gasteiger partial charge in [-0.25, -0.2) is 4.79 Å². The lowest BCUT2D eigenvalue weighted by molar-refractivity contribution is 0.0508. The first kappa shape index (κ1) is 20.7. The first-order chi connectivity index (χ1) is 11.1. The summed E-state index contributed by atoms with van der Waals surface area (Å²) in [6.07, 6.45) is -0.673. The number of alkyl carbamates (subject to hydrolysis) is 1. The predicted octanol–water partition coefficient (Wildman–Crippen LogP) is 4.78. The lowest BCUT2D eigenvalue weighted by Gasteiger charge is -2.28. The average molecular weight is 357 g/mol. The van der Waals surface area contributed by atoms with E-state index in [1.54, 1.807) is 46.8 Å². The highest BCUT2D eigenvalue weighted by Crippen LogP contribution is 2.59. The Bertz CT molecular complexity index is 570. The van der Waals surface area contributed by atoms with Crippen LogP contribution in [-0.2, 0) is 18.3 Å². The largest absolute Gasteiger partial charge is 0.444 e. The van der Waals surface area contributed by atoms with Crippen LogP contribution >= 0.6 is 7.60 Å². The van der Waals surface area contributed by atoms with Gasteiger partial charge in [0, 0.05) is 0 Å². The molecule has 0 unspecified atom stereocenters. The molecule has 1 N–H and O–H groups in total. The van der Waals surface area contributed by atoms with Gasteiger partial charge in [-0.05, 0) is 47.1 Å². The van der Waals surface area contributed by atoms with E-state index in [4.69, 9.17) is 13.8 Å². The van der Waals surface area contributed by atoms with Crippen LogP contribution in [0.2, 0.25) is 0 Å². The van der Waals surface area contributed by atoms with Crippen LogP contribution in [0.1, 0.15) is 51.5 Å². The number of nitrogens with one attached hydrogen (secondary N) is 1. The van der Waals surface area contributed by atoms with Gasteiger partial charge in [-0.3, -0.25) is 4.57 Å². The summed E-state index contributed by atoms with van der Waals surface area (Å²) in [5.41, 5.74) is 1.03. The summed E-state index contributed by atoms with van der Waals surface area (Å²) in [6.45, 7) is 11.1. The second kappa shape index (κ2) is 8.65. The molecule has 0 aromatic heterocycles. The van der Waals surface area contributed by atoms with Crippen LogP contribution in [0.25, 0.3) is 0 Å². The number of benzene rings is 1. The Morgan fingerprint density at radius 3 is 2.04 bits per heavy atom. The van der Waals surface area contributed by atoms with Crippen molar-refractivity contribution in [3.05, 3.63) is 35.4 Å². The average Bonchev–Trinajstić information content (AvgIpc) is 2.44. The summed E-state index contributed by atoms with van der Waals surface area (Å²) in [7, 11) is -3.60. The molecule has 136 valence electrons. The normalized spacial score (nSPS) is 13.4. The Morgan fingerprint density at radius 2 is 1.62 bits per heavy atom. The molecule has 1 aromatic carbocycles. The van der Waals surface area contributed by atoms with Crippen molar-refractivity contribution in [3.8, 4) is 0 Å². The molecule has 0 aliphatic heterocycles. The zero-order chi connectivity index (χ0) is 18.4. The van der Waals surface area contributed by atoms with Gasteiger partial charge in [-0.15, -0.1) is 0 Å². The Hall–Kier alpha value is -1.36. The Kier molecular flexibility index (Phi) is 7.46. The number of amides is 1. The smallest absolute Gasteiger partial charge is 0.408 e. The van der Waals surface area contributed by atoms with Crippen LogP contribution in [0.5, 0.6) is 0 Å². The van der Waals surface area contributed by atoms with Crippen LogP contribution in [0.3, 0.4) is 0 Å². The second-order valence-electron chi connectivity index (χ2n) is 6.33. The van der Waals surface area contributed by atoms with E-state index >= 15 is 0 Å². The molecule has 0 bridgehead atoms. The van der Waals surface area contributed by atoms with Crippen LogP contribution < -0.4 is 5.32 Å². The molecule has 6 nitrogen and oxygen atoms in total. The molecule has 0 spiro atoms. The minimum atomic E-state index is -3.60. The van der Waals surface area contributed by atoms with E-state index in [-0.39, 0.29) is 13.2 Å². The topological polar surface area (TPSA) is 73.9 Å². The van der Waals surface area contributed by atoms with Gasteiger partial charge < -0.3 is 19.1 Å². The molecular weight excluding hydrogens is 329 g/mol. The zero-order valence-electron chi connectivity index (χ0n) is 15.3. The first-order valence-electron chi connectivity index (χ1n) is 8.06. The maximum absolute atomic E-state index is 13.2. The van der Waals surface area contributed by atoms with Gasteiger partial charge in [0.05, 0.1) is 13.2 Å². The molecular formula is C17H28NO5P. The van der Waals surface area contributed by atoms with E-state index in [1.165, 1.54) is 0 Å². The number of rotatable bonds is 7. The summed E-state index contributed by atoms with van der Waals surface area (Å²) in [5.74, 6) is -0.937. The van der Waals surface area contributed by atoms with E-state index in [2.05, 4.69) is 5.32 Å². The summed E-state index contributed by atoms with van der Waals surface area (Å²) in [6, 6.07) is 7.34. The van der Waals surface area contributed by atoms with E-state index < -0.39 is 25.1 Å². The Labute approximate surface area is 144 Å². The highest BCUT2D eigenvalue weighted by atomic mass is 31.2. The van der Waals surface area contributed by atoms with Crippen molar-refractivity contribution in [2.75, 3.05) is 13.2 Å². The fraction of sp³-hybridized carbons (Fsp3) is 0.588. The fourth-order valence-corrected chi connectivity index (χ4v) is 3.95. The van der Waals surface area contributed by atoms with Crippen molar-refractivity contribution in [2.24, 2.45) is 0 Å². The third-order valence-corrected chi connectivity index (χ3v) is 5.28. The molecule has 7 heteroatoms. The van der Waals surface area contributed by atoms with Crippen molar-refractivity contribution in [1.29, 1.82) is 0 Å². The maximum Gasteiger partial charge on any atom is 0.408 e. The van der Waals surface area contributed by atoms with E-state index in [1.807, 2.05) is 19.1 Å². The van der Waals surface area contributed by atoms with Crippen LogP contribution in [-0.4, -0.2) is 24.9 Å². The number of hydrogen-bond acceptors (Lipinski definition) is 5. The number of carbonyl (C=O) groups excluding carboxylic acids is 1. The number of hydrogen-bond donors (Lipinski definition) is 1. The van der Waals surface area contributed by atoms with E-state index in [0.717, 1.165) is 5.56 Å². The molecule has 1 atom stereocenters. The Morgan fingerprint density at radius 1 is 1.12 bits per heavy atom. The van der Waals surface area contributed by atoms with Crippen LogP contribution in [0, 0.1) is 6.92 Å². The first-order valence-corrected chi connectivity index (χ1v) is 9.67. The molecule has 0 fully saturated rings. The minimum Gasteiger partial charge on any atom is -0.444 e. The summed E-state index contributed by atoms with van der Waals surface area (Å²) >= 11 is 0. The van der Waals surface area contributed by atoms with Gasteiger partial charge in [-0.2, -0.15) is 0 Å². The van der Waals surface area contributed by atoms with Gasteiger partial charge in [0.25, 0.3) is 0 Å². The summed E-state index contributed by atoms with van der Waals surface area (Å²) in [4.78, 5) is 12.2. The number of carbonyl (C=O) groups is 1. The molecule has 24 heavy (non-hydrogen) atoms. The highest BCUT2D eigenvalue weighted by Gasteiger charge is 2.39. The molecule has 1 rings (SSSR count). The zero-order valence-corrected chi connectivity index (χ0v) is 16.2. The quantitative estimate of drug-likeness (QED) is 0.711. The van der Waals surface area contributed by atoms with Gasteiger partial charge in [0.15, 0.2) is 5.78 Å². The van der Waals surface area contributed by atoms with Crippen molar-refractivity contribution in [1.82, 2.24) is 5.32 Å². The number of ether oxygens (including phenoxy) is 1. The van der Waals surface area contributed by atoms with Crippen LogP contribution in [0.15, 0.2) is 24.3 Å². The van der Waals surface area contributed by atoms with Crippen molar-refractivity contribution >= 4 is 13.7 Å². The third-order valence-electron chi connectivity index (χ3n) is 2.98. The maximum atomic E-state index is 13.2. The fourth-order valence-electron chi connectivity index (χ4n) is 2.06. The highest BCUT2D eigenvalue weighted by molar-refractivity contribution is 7.54. The van der Waals surface area contributed by atoms with Gasteiger partial charge in [0.1, 0.15) is 5.60 Å². The standard InChI is InChI=1S/C17H28NO5P/c1-7-21-24(20,22-8-2)15(14-11-9-13(3)10-12-14)18-16(19)23-17(4,5)6/h9-12,15H,7-8H2,1-6H3,(H,18,19)/t15-/m0/s1. The third kappa shape index (κ3) is 6.27. The molecule has 0 aliphatic rings. The molecule has 1 aromatic rings. The summed E-state index contributed by atoms with van der Waals surface area (Å²) in [5, 5.41) is 2.65. The SMILES string of the molecule is CCOP(=O)(OCC)[C@H](NC(=O)OC(C)(C)C)c1ccc(C)cc1. The molecule has 1 amide bonds. The molecule has 0 heterocycles. The molecule has 0 radical (unpaired) electrons. The van der Waals surface area contributed by atoms with Crippen molar-refractivity contribution in [2.45, 2.75) is 52.9 Å². The lowest BCUT2D eigenvalue weighted by Crippen LogP contribution is -2.35. The van der Waals surface area contributed by atoms with Gasteiger partial charge in [-0.1, -0.05) is 29.8 Å². The molecule has 0 aliphatic carbocycles.